The van der Waals surface area contributed by atoms with Crippen molar-refractivity contribution in [2.45, 2.75) is 32.1 Å². The third-order valence-corrected chi connectivity index (χ3v) is 6.50. The smallest absolute Gasteiger partial charge is 0.226 e. The Bertz CT molecular complexity index is 414. The fraction of sp³-hybridized carbons (Fsp3) is 1.00. The van der Waals surface area contributed by atoms with Crippen molar-refractivity contribution >= 4 is 31.5 Å². The predicted octanol–water partition coefficient (Wildman–Crippen LogP) is 0.952. The van der Waals surface area contributed by atoms with Crippen molar-refractivity contribution in [3.8, 4) is 0 Å². The van der Waals surface area contributed by atoms with Gasteiger partial charge in [-0.2, -0.15) is 0 Å². The number of nitrogens with one attached hydrogen (secondary N) is 1. The molecular formula is C9H20ClNO4S2. The minimum absolute atomic E-state index is 0.0613. The fourth-order valence-corrected chi connectivity index (χ4v) is 5.04. The first-order chi connectivity index (χ1) is 7.61. The van der Waals surface area contributed by atoms with Gasteiger partial charge in [-0.15, -0.1) is 11.6 Å². The number of rotatable bonds is 8. The van der Waals surface area contributed by atoms with Gasteiger partial charge < -0.3 is 0 Å². The Labute approximate surface area is 109 Å². The molecule has 0 heterocycles. The van der Waals surface area contributed by atoms with E-state index in [0.717, 1.165) is 19.1 Å². The molecule has 0 aliphatic rings. The number of halogens is 1. The second-order valence-electron chi connectivity index (χ2n) is 4.10. The van der Waals surface area contributed by atoms with Crippen LogP contribution >= 0.6 is 11.6 Å². The molecule has 1 atom stereocenters. The van der Waals surface area contributed by atoms with Crippen LogP contribution in [0, 0.1) is 5.92 Å². The van der Waals surface area contributed by atoms with Crippen molar-refractivity contribution in [2.24, 2.45) is 5.92 Å². The third kappa shape index (κ3) is 7.96. The zero-order valence-corrected chi connectivity index (χ0v) is 12.7. The molecule has 8 heteroatoms. The molecule has 0 spiro atoms. The molecule has 0 radical (unpaired) electrons. The van der Waals surface area contributed by atoms with Crippen molar-refractivity contribution in [3.63, 3.8) is 0 Å². The van der Waals surface area contributed by atoms with Crippen LogP contribution in [0.5, 0.6) is 0 Å². The summed E-state index contributed by atoms with van der Waals surface area (Å²) < 4.78 is 46.8. The molecule has 0 rings (SSSR count). The van der Waals surface area contributed by atoms with E-state index in [2.05, 4.69) is 4.72 Å². The Balaban J connectivity index is 4.37. The molecule has 0 saturated heterocycles. The van der Waals surface area contributed by atoms with Crippen molar-refractivity contribution in [3.05, 3.63) is 0 Å². The summed E-state index contributed by atoms with van der Waals surface area (Å²) in [5, 5.41) is -1.22. The maximum absolute atomic E-state index is 11.4. The molecule has 0 fully saturated rings. The SMILES string of the molecule is CCC(CC)C(Cl)CNS(=O)(=O)CS(C)(=O)=O. The van der Waals surface area contributed by atoms with Crippen LogP contribution in [0.25, 0.3) is 0 Å². The third-order valence-electron chi connectivity index (χ3n) is 2.43. The van der Waals surface area contributed by atoms with E-state index in [1.807, 2.05) is 13.8 Å². The molecule has 1 unspecified atom stereocenters. The van der Waals surface area contributed by atoms with Gasteiger partial charge in [0.15, 0.2) is 14.9 Å². The highest BCUT2D eigenvalue weighted by Crippen LogP contribution is 2.17. The van der Waals surface area contributed by atoms with Crippen molar-refractivity contribution < 1.29 is 16.8 Å². The van der Waals surface area contributed by atoms with Gasteiger partial charge in [-0.1, -0.05) is 26.7 Å². The van der Waals surface area contributed by atoms with E-state index in [-0.39, 0.29) is 17.8 Å². The Morgan fingerprint density at radius 3 is 1.94 bits per heavy atom. The van der Waals surface area contributed by atoms with E-state index in [9.17, 15) is 16.8 Å². The zero-order valence-electron chi connectivity index (χ0n) is 10.3. The topological polar surface area (TPSA) is 80.3 Å². The lowest BCUT2D eigenvalue weighted by molar-refractivity contribution is 0.460. The lowest BCUT2D eigenvalue weighted by Gasteiger charge is -2.19. The number of alkyl halides is 1. The summed E-state index contributed by atoms with van der Waals surface area (Å²) in [6.07, 6.45) is 2.60. The van der Waals surface area contributed by atoms with E-state index in [4.69, 9.17) is 11.6 Å². The average molecular weight is 306 g/mol. The minimum atomic E-state index is -3.81. The second-order valence-corrected chi connectivity index (χ2v) is 8.97. The van der Waals surface area contributed by atoms with Gasteiger partial charge in [0.05, 0.1) is 0 Å². The number of hydrogen-bond donors (Lipinski definition) is 1. The van der Waals surface area contributed by atoms with Gasteiger partial charge in [0.25, 0.3) is 0 Å². The first kappa shape index (κ1) is 17.2. The quantitative estimate of drug-likeness (QED) is 0.677. The summed E-state index contributed by atoms with van der Waals surface area (Å²) in [4.78, 5) is 0. The van der Waals surface area contributed by atoms with Crippen molar-refractivity contribution in [1.29, 1.82) is 0 Å². The number of sulfonamides is 1. The molecule has 0 aromatic rings. The lowest BCUT2D eigenvalue weighted by Crippen LogP contribution is -2.36. The predicted molar refractivity (Wildman–Crippen MR) is 70.3 cm³/mol. The van der Waals surface area contributed by atoms with Crippen LogP contribution in [0.2, 0.25) is 0 Å². The Morgan fingerprint density at radius 2 is 1.59 bits per heavy atom. The number of sulfone groups is 1. The Morgan fingerprint density at radius 1 is 1.12 bits per heavy atom. The molecule has 0 aromatic carbocycles. The van der Waals surface area contributed by atoms with Gasteiger partial charge in [-0.05, 0) is 5.92 Å². The average Bonchev–Trinajstić information content (AvgIpc) is 2.13. The normalized spacial score (nSPS) is 15.1. The first-order valence-corrected chi connectivity index (χ1v) is 9.55. The molecule has 104 valence electrons. The van der Waals surface area contributed by atoms with Crippen LogP contribution in [-0.4, -0.2) is 40.1 Å². The largest absolute Gasteiger partial charge is 0.228 e. The van der Waals surface area contributed by atoms with E-state index < -0.39 is 24.9 Å². The van der Waals surface area contributed by atoms with Crippen LogP contribution in [-0.2, 0) is 19.9 Å². The number of hydrogen-bond acceptors (Lipinski definition) is 4. The molecule has 17 heavy (non-hydrogen) atoms. The Kier molecular flexibility index (Phi) is 6.98. The van der Waals surface area contributed by atoms with E-state index in [1.165, 1.54) is 0 Å². The molecule has 0 bridgehead atoms. The van der Waals surface area contributed by atoms with E-state index in [1.54, 1.807) is 0 Å². The van der Waals surface area contributed by atoms with Crippen molar-refractivity contribution in [1.82, 2.24) is 4.72 Å². The van der Waals surface area contributed by atoms with Crippen LogP contribution in [0.4, 0.5) is 0 Å². The summed E-state index contributed by atoms with van der Waals surface area (Å²) in [6.45, 7) is 4.02. The van der Waals surface area contributed by atoms with E-state index in [0.29, 0.717) is 0 Å². The fourth-order valence-electron chi connectivity index (χ4n) is 1.50. The Hall–Kier alpha value is 0.150. The summed E-state index contributed by atoms with van der Waals surface area (Å²) in [6, 6.07) is 0. The van der Waals surface area contributed by atoms with Crippen LogP contribution in [0.1, 0.15) is 26.7 Å². The lowest BCUT2D eigenvalue weighted by atomic mass is 9.99. The highest BCUT2D eigenvalue weighted by molar-refractivity contribution is 8.06. The summed E-state index contributed by atoms with van der Waals surface area (Å²) in [5.74, 6) is 0.220. The molecule has 0 aromatic heterocycles. The van der Waals surface area contributed by atoms with Gasteiger partial charge in [0.2, 0.25) is 10.0 Å². The zero-order chi connectivity index (χ0) is 13.7. The summed E-state index contributed by atoms with van der Waals surface area (Å²) in [7, 11) is -7.36. The van der Waals surface area contributed by atoms with Gasteiger partial charge in [-0.3, -0.25) is 0 Å². The van der Waals surface area contributed by atoms with E-state index >= 15 is 0 Å². The second kappa shape index (κ2) is 6.92. The maximum atomic E-state index is 11.4. The van der Waals surface area contributed by atoms with Gasteiger partial charge in [-0.25, -0.2) is 21.6 Å². The van der Waals surface area contributed by atoms with Crippen LogP contribution in [0.3, 0.4) is 0 Å². The molecule has 1 N–H and O–H groups in total. The summed E-state index contributed by atoms with van der Waals surface area (Å²) >= 11 is 6.05. The minimum Gasteiger partial charge on any atom is -0.228 e. The molecule has 0 amide bonds. The standard InChI is InChI=1S/C9H20ClNO4S2/c1-4-8(5-2)9(10)6-11-17(14,15)7-16(3,12)13/h8-9,11H,4-7H2,1-3H3. The highest BCUT2D eigenvalue weighted by Gasteiger charge is 2.21. The highest BCUT2D eigenvalue weighted by atomic mass is 35.5. The van der Waals surface area contributed by atoms with Crippen LogP contribution < -0.4 is 4.72 Å². The molecule has 0 aliphatic carbocycles. The molecule has 5 nitrogen and oxygen atoms in total. The monoisotopic (exact) mass is 305 g/mol. The van der Waals surface area contributed by atoms with Gasteiger partial charge in [0, 0.05) is 18.2 Å². The first-order valence-electron chi connectivity index (χ1n) is 5.40. The molecule has 0 saturated carbocycles. The van der Waals surface area contributed by atoms with Crippen LogP contribution in [0.15, 0.2) is 0 Å². The maximum Gasteiger partial charge on any atom is 0.226 e. The summed E-state index contributed by atoms with van der Waals surface area (Å²) in [5.41, 5.74) is 0. The van der Waals surface area contributed by atoms with Crippen molar-refractivity contribution in [2.75, 3.05) is 17.9 Å². The molecular weight excluding hydrogens is 286 g/mol. The van der Waals surface area contributed by atoms with Gasteiger partial charge >= 0.3 is 0 Å². The molecule has 0 aliphatic heterocycles. The van der Waals surface area contributed by atoms with Gasteiger partial charge in [0.1, 0.15) is 0 Å².